The van der Waals surface area contributed by atoms with Gasteiger partial charge in [-0.15, -0.1) is 33.3 Å². The Hall–Kier alpha value is -3.29. The van der Waals surface area contributed by atoms with Crippen LogP contribution in [0.5, 0.6) is 11.5 Å². The van der Waals surface area contributed by atoms with E-state index in [1.54, 1.807) is 44.7 Å². The van der Waals surface area contributed by atoms with Crippen LogP contribution in [0, 0.1) is 0 Å². The van der Waals surface area contributed by atoms with E-state index in [-0.39, 0.29) is 18.2 Å². The number of hydrogen-bond acceptors (Lipinski definition) is 9. The molecule has 0 spiro atoms. The van der Waals surface area contributed by atoms with Crippen molar-refractivity contribution in [3.05, 3.63) is 80.3 Å². The molecule has 0 aliphatic carbocycles. The van der Waals surface area contributed by atoms with Gasteiger partial charge in [-0.1, -0.05) is 23.7 Å². The van der Waals surface area contributed by atoms with E-state index in [0.717, 1.165) is 15.4 Å². The number of fused-ring (bicyclic) bond motifs is 3. The molecule has 0 N–H and O–H groups in total. The van der Waals surface area contributed by atoms with Gasteiger partial charge in [-0.2, -0.15) is 13.2 Å². The number of alkyl halides is 3. The van der Waals surface area contributed by atoms with Gasteiger partial charge in [0.05, 0.1) is 48.9 Å². The first-order chi connectivity index (χ1) is 20.1. The predicted molar refractivity (Wildman–Crippen MR) is 154 cm³/mol. The zero-order valence-corrected chi connectivity index (χ0v) is 25.2. The van der Waals surface area contributed by atoms with Crippen molar-refractivity contribution in [1.82, 2.24) is 19.7 Å². The number of rotatable bonds is 9. The second-order valence-corrected chi connectivity index (χ2v) is 12.3. The summed E-state index contributed by atoms with van der Waals surface area (Å²) in [6.07, 6.45) is -2.98. The second-order valence-electron chi connectivity index (χ2n) is 9.39. The quantitative estimate of drug-likeness (QED) is 0.187. The zero-order chi connectivity index (χ0) is 30.0. The number of esters is 1. The van der Waals surface area contributed by atoms with Gasteiger partial charge in [-0.3, -0.25) is 9.36 Å². The summed E-state index contributed by atoms with van der Waals surface area (Å²) < 4.78 is 58.6. The molecule has 0 saturated heterocycles. The minimum atomic E-state index is -4.50. The Labute approximate surface area is 253 Å². The molecule has 8 nitrogen and oxygen atoms in total. The highest BCUT2D eigenvalue weighted by molar-refractivity contribution is 8.00. The van der Waals surface area contributed by atoms with Crippen LogP contribution in [0.4, 0.5) is 13.2 Å². The average molecular weight is 639 g/mol. The molecule has 0 bridgehead atoms. The van der Waals surface area contributed by atoms with Crippen LogP contribution in [0.3, 0.4) is 0 Å². The molecule has 2 aromatic heterocycles. The average Bonchev–Trinajstić information content (AvgIpc) is 3.56. The van der Waals surface area contributed by atoms with Crippen LogP contribution in [0.2, 0.25) is 5.02 Å². The first kappa shape index (κ1) is 30.2. The fourth-order valence-electron chi connectivity index (χ4n) is 4.88. The third kappa shape index (κ3) is 6.37. The minimum Gasteiger partial charge on any atom is -0.493 e. The zero-order valence-electron chi connectivity index (χ0n) is 22.8. The largest absolute Gasteiger partial charge is 0.493 e. The van der Waals surface area contributed by atoms with Crippen LogP contribution in [0.1, 0.15) is 49.6 Å². The lowest BCUT2D eigenvalue weighted by Crippen LogP contribution is -2.17. The van der Waals surface area contributed by atoms with Crippen molar-refractivity contribution < 1.29 is 32.2 Å². The summed E-state index contributed by atoms with van der Waals surface area (Å²) in [4.78, 5) is 17.1. The number of aryl methyl sites for hydroxylation is 1. The van der Waals surface area contributed by atoms with Crippen LogP contribution < -0.4 is 9.47 Å². The Kier molecular flexibility index (Phi) is 9.00. The SMILES string of the molecule is COC(=O)CCc1cnc(C[C@H]2S[C@H](c3cccc(OC)c3OC)c3cc(Cl)ccc3-n3c(CC(F)(F)F)nnc32)s1. The number of methoxy groups -OCH3 is 3. The highest BCUT2D eigenvalue weighted by Crippen LogP contribution is 2.54. The number of carbonyl (C=O) groups excluding carboxylic acids is 1. The van der Waals surface area contributed by atoms with Crippen molar-refractivity contribution >= 4 is 40.7 Å². The molecule has 0 amide bonds. The van der Waals surface area contributed by atoms with E-state index in [4.69, 9.17) is 25.8 Å². The Morgan fingerprint density at radius 3 is 2.62 bits per heavy atom. The number of carbonyl (C=O) groups is 1. The lowest BCUT2D eigenvalue weighted by atomic mass is 10.0. The Balaban J connectivity index is 1.64. The molecule has 222 valence electrons. The van der Waals surface area contributed by atoms with Crippen molar-refractivity contribution in [1.29, 1.82) is 0 Å². The summed E-state index contributed by atoms with van der Waals surface area (Å²) in [7, 11) is 4.42. The molecule has 0 radical (unpaired) electrons. The summed E-state index contributed by atoms with van der Waals surface area (Å²) in [5.41, 5.74) is 1.95. The van der Waals surface area contributed by atoms with Gasteiger partial charge in [0, 0.05) is 28.1 Å². The van der Waals surface area contributed by atoms with Gasteiger partial charge in [0.25, 0.3) is 0 Å². The number of aromatic nitrogens is 4. The summed E-state index contributed by atoms with van der Waals surface area (Å²) in [6.45, 7) is 0. The summed E-state index contributed by atoms with van der Waals surface area (Å²) in [5, 5.41) is 8.60. The smallest absolute Gasteiger partial charge is 0.396 e. The Morgan fingerprint density at radius 2 is 1.90 bits per heavy atom. The molecular weight excluding hydrogens is 613 g/mol. The Bertz CT molecular complexity index is 1590. The van der Waals surface area contributed by atoms with Crippen molar-refractivity contribution in [2.45, 2.75) is 42.4 Å². The molecule has 0 fully saturated rings. The number of halogens is 4. The molecule has 3 heterocycles. The second kappa shape index (κ2) is 12.5. The van der Waals surface area contributed by atoms with Crippen molar-refractivity contribution in [2.24, 2.45) is 0 Å². The van der Waals surface area contributed by atoms with E-state index in [1.807, 2.05) is 12.1 Å². The highest BCUT2D eigenvalue weighted by Gasteiger charge is 2.38. The van der Waals surface area contributed by atoms with Gasteiger partial charge in [0.2, 0.25) is 0 Å². The van der Waals surface area contributed by atoms with Gasteiger partial charge in [-0.05, 0) is 36.2 Å². The van der Waals surface area contributed by atoms with Gasteiger partial charge in [-0.25, -0.2) is 4.98 Å². The van der Waals surface area contributed by atoms with E-state index < -0.39 is 23.1 Å². The maximum atomic E-state index is 13.7. The van der Waals surface area contributed by atoms with Crippen LogP contribution in [-0.2, 0) is 28.8 Å². The fourth-order valence-corrected chi connectivity index (χ4v) is 7.65. The molecule has 14 heteroatoms. The first-order valence-electron chi connectivity index (χ1n) is 12.8. The van der Waals surface area contributed by atoms with Crippen LogP contribution in [0.15, 0.2) is 42.6 Å². The lowest BCUT2D eigenvalue weighted by molar-refractivity contribution is -0.140. The fraction of sp³-hybridized carbons (Fsp3) is 0.357. The van der Waals surface area contributed by atoms with Gasteiger partial charge >= 0.3 is 12.1 Å². The molecule has 42 heavy (non-hydrogen) atoms. The molecule has 0 saturated carbocycles. The number of benzene rings is 2. The van der Waals surface area contributed by atoms with Crippen molar-refractivity contribution in [2.75, 3.05) is 21.3 Å². The molecule has 5 rings (SSSR count). The number of hydrogen-bond donors (Lipinski definition) is 0. The molecule has 0 unspecified atom stereocenters. The van der Waals surface area contributed by atoms with Crippen molar-refractivity contribution in [3.8, 4) is 17.2 Å². The van der Waals surface area contributed by atoms with Crippen molar-refractivity contribution in [3.63, 3.8) is 0 Å². The van der Waals surface area contributed by atoms with Gasteiger partial charge in [0.15, 0.2) is 17.3 Å². The summed E-state index contributed by atoms with van der Waals surface area (Å²) in [5.74, 6) is 0.865. The normalized spacial score (nSPS) is 16.4. The summed E-state index contributed by atoms with van der Waals surface area (Å²) in [6, 6.07) is 10.6. The number of thiazole rings is 1. The number of nitrogens with zero attached hydrogens (tertiary/aromatic N) is 4. The molecular formula is C28H26ClF3N4O4S2. The van der Waals surface area contributed by atoms with Crippen LogP contribution in [-0.4, -0.2) is 53.2 Å². The number of ether oxygens (including phenoxy) is 3. The van der Waals surface area contributed by atoms with E-state index in [2.05, 4.69) is 15.2 Å². The lowest BCUT2D eigenvalue weighted by Gasteiger charge is -2.23. The standard InChI is InChI=1S/C28H26ClF3N4O4S2/c1-38-20-6-4-5-17(25(20)40-3)26-18-11-15(29)7-9-19(18)36-22(13-28(30,31)32)34-35-27(36)21(42-26)12-23-33-14-16(41-23)8-10-24(37)39-2/h4-7,9,11,14,21,26H,8,10,12-13H2,1-3H3/t21-,26-/m1/s1. The molecule has 4 aromatic rings. The molecule has 1 aliphatic rings. The van der Waals surface area contributed by atoms with Crippen LogP contribution >= 0.6 is 34.7 Å². The minimum absolute atomic E-state index is 0.220. The first-order valence-corrected chi connectivity index (χ1v) is 14.9. The number of thioether (sulfide) groups is 1. The highest BCUT2D eigenvalue weighted by atomic mass is 35.5. The topological polar surface area (TPSA) is 88.4 Å². The third-order valence-electron chi connectivity index (χ3n) is 6.70. The third-order valence-corrected chi connectivity index (χ3v) is 9.50. The van der Waals surface area contributed by atoms with E-state index in [0.29, 0.717) is 46.4 Å². The monoisotopic (exact) mass is 638 g/mol. The summed E-state index contributed by atoms with van der Waals surface area (Å²) >= 11 is 9.40. The van der Waals surface area contributed by atoms with Crippen LogP contribution in [0.25, 0.3) is 5.69 Å². The maximum absolute atomic E-state index is 13.7. The van der Waals surface area contributed by atoms with Gasteiger partial charge < -0.3 is 14.2 Å². The number of para-hydroxylation sites is 1. The molecule has 2 aromatic carbocycles. The van der Waals surface area contributed by atoms with Gasteiger partial charge in [0.1, 0.15) is 12.2 Å². The van der Waals surface area contributed by atoms with E-state index in [9.17, 15) is 18.0 Å². The Morgan fingerprint density at radius 1 is 1.10 bits per heavy atom. The van der Waals surface area contributed by atoms with E-state index in [1.165, 1.54) is 34.8 Å². The molecule has 2 atom stereocenters. The predicted octanol–water partition coefficient (Wildman–Crippen LogP) is 6.72. The maximum Gasteiger partial charge on any atom is 0.396 e. The van der Waals surface area contributed by atoms with E-state index >= 15 is 0 Å². The molecule has 1 aliphatic heterocycles.